The summed E-state index contributed by atoms with van der Waals surface area (Å²) in [6.07, 6.45) is -0.954. The summed E-state index contributed by atoms with van der Waals surface area (Å²) in [7, 11) is -5.39. The first-order chi connectivity index (χ1) is 4.81. The molecule has 0 aliphatic carbocycles. The average Bonchev–Trinajstić information content (AvgIpc) is 1.83. The first kappa shape index (κ1) is 24.6. The van der Waals surface area contributed by atoms with Crippen molar-refractivity contribution in [1.82, 2.24) is 0 Å². The zero-order valence-electron chi connectivity index (χ0n) is 6.83. The van der Waals surface area contributed by atoms with Gasteiger partial charge in [-0.05, 0) is 0 Å². The molecule has 0 spiro atoms. The monoisotopic (exact) mass is 267 g/mol. The Kier molecular flexibility index (Phi) is 27.5. The van der Waals surface area contributed by atoms with Gasteiger partial charge in [0.1, 0.15) is 6.10 Å². The Bertz CT molecular complexity index is 115. The Morgan fingerprint density at radius 1 is 1.08 bits per heavy atom. The normalized spacial score (nSPS) is 9.15. The third-order valence-corrected chi connectivity index (χ3v) is 0.421. The number of hydrogen-bond acceptors (Lipinski definition) is 7. The van der Waals surface area contributed by atoms with E-state index in [1.54, 1.807) is 0 Å². The molecule has 0 saturated heterocycles. The third kappa shape index (κ3) is 53.6. The Balaban J connectivity index is -0.0000000546. The van der Waals surface area contributed by atoms with Crippen molar-refractivity contribution in [3.63, 3.8) is 0 Å². The molecule has 0 rings (SSSR count). The summed E-state index contributed by atoms with van der Waals surface area (Å²) in [5, 5.41) is 24.0. The van der Waals surface area contributed by atoms with Crippen LogP contribution in [0, 0.1) is 0 Å². The van der Waals surface area contributed by atoms with Crippen molar-refractivity contribution in [2.24, 2.45) is 0 Å². The molecule has 0 radical (unpaired) electrons. The molecule has 10 heteroatoms. The van der Waals surface area contributed by atoms with E-state index in [9.17, 15) is 0 Å². The van der Waals surface area contributed by atoms with E-state index >= 15 is 0 Å². The third-order valence-electron chi connectivity index (χ3n) is 0.421. The molecular formula is C3H8Ca2O7P+. The van der Waals surface area contributed by atoms with Crippen LogP contribution < -0.4 is 14.7 Å². The molecule has 7 nitrogen and oxygen atoms in total. The zero-order valence-corrected chi connectivity index (χ0v) is 12.1. The van der Waals surface area contributed by atoms with Gasteiger partial charge in [0, 0.05) is 0 Å². The van der Waals surface area contributed by atoms with Crippen LogP contribution in [0.5, 0.6) is 0 Å². The topological polar surface area (TPSA) is 147 Å². The van der Waals surface area contributed by atoms with Crippen LogP contribution in [-0.4, -0.2) is 110 Å². The summed E-state index contributed by atoms with van der Waals surface area (Å²) in [6, 6.07) is 0. The van der Waals surface area contributed by atoms with Gasteiger partial charge in [-0.25, -0.2) is 0 Å². The standard InChI is InChI=1S/C3H8O3.2Ca.H3O4P/c4-1-3(6)2-5;;;1-5(2,3)4/h3-6H,1-2H2;;;(H3,1,2,3,4)/q;2*+2;/p-3. The second-order valence-corrected chi connectivity index (χ2v) is 2.36. The summed E-state index contributed by atoms with van der Waals surface area (Å²) in [4.78, 5) is 25.6. The van der Waals surface area contributed by atoms with E-state index in [1.165, 1.54) is 0 Å². The summed E-state index contributed by atoms with van der Waals surface area (Å²) >= 11 is 0. The Hall–Kier alpha value is 2.51. The van der Waals surface area contributed by atoms with Crippen LogP contribution in [0.2, 0.25) is 0 Å². The van der Waals surface area contributed by atoms with E-state index in [2.05, 4.69) is 0 Å². The van der Waals surface area contributed by atoms with Gasteiger partial charge in [-0.2, -0.15) is 7.82 Å². The Labute approximate surface area is 135 Å². The first-order valence-electron chi connectivity index (χ1n) is 2.44. The average molecular weight is 267 g/mol. The van der Waals surface area contributed by atoms with Crippen LogP contribution >= 0.6 is 7.82 Å². The van der Waals surface area contributed by atoms with Gasteiger partial charge in [0.05, 0.1) is 13.2 Å². The van der Waals surface area contributed by atoms with Crippen molar-refractivity contribution >= 4 is 83.3 Å². The molecule has 0 saturated carbocycles. The molecule has 0 aromatic carbocycles. The van der Waals surface area contributed by atoms with Gasteiger partial charge >= 0.3 is 75.5 Å². The SMILES string of the molecule is O=P([O-])([O-])[O-].OCC(O)CO.[Ca+2].[Ca+2]. The molecule has 0 unspecified atom stereocenters. The fourth-order valence-electron chi connectivity index (χ4n) is 0.0577. The molecule has 3 N–H and O–H groups in total. The number of rotatable bonds is 2. The fourth-order valence-corrected chi connectivity index (χ4v) is 0.0577. The van der Waals surface area contributed by atoms with Gasteiger partial charge < -0.3 is 34.6 Å². The van der Waals surface area contributed by atoms with Crippen LogP contribution in [-0.2, 0) is 4.57 Å². The maximum atomic E-state index is 8.55. The maximum absolute atomic E-state index is 8.55. The second kappa shape index (κ2) is 14.5. The maximum Gasteiger partial charge on any atom is 2.00 e. The second-order valence-electron chi connectivity index (χ2n) is 1.47. The minimum absolute atomic E-state index is 0. The molecule has 0 aliphatic heterocycles. The van der Waals surface area contributed by atoms with Crippen LogP contribution in [0.1, 0.15) is 0 Å². The van der Waals surface area contributed by atoms with E-state index in [0.29, 0.717) is 0 Å². The molecule has 0 aromatic rings. The molecule has 13 heavy (non-hydrogen) atoms. The molecule has 0 bridgehead atoms. The van der Waals surface area contributed by atoms with E-state index < -0.39 is 13.9 Å². The smallest absolute Gasteiger partial charge is 0.822 e. The molecule has 0 amide bonds. The molecular weight excluding hydrogens is 259 g/mol. The molecule has 70 valence electrons. The van der Waals surface area contributed by atoms with Crippen molar-refractivity contribution < 1.29 is 34.6 Å². The quantitative estimate of drug-likeness (QED) is 0.334. The van der Waals surface area contributed by atoms with E-state index in [4.69, 9.17) is 34.6 Å². The van der Waals surface area contributed by atoms with Crippen molar-refractivity contribution in [2.75, 3.05) is 13.2 Å². The largest absolute Gasteiger partial charge is 2.00 e. The molecule has 0 atom stereocenters. The van der Waals surface area contributed by atoms with Crippen LogP contribution in [0.15, 0.2) is 0 Å². The molecule has 0 aromatic heterocycles. The van der Waals surface area contributed by atoms with Crippen LogP contribution in [0.3, 0.4) is 0 Å². The predicted octanol–water partition coefficient (Wildman–Crippen LogP) is -5.25. The zero-order chi connectivity index (χ0) is 9.49. The minimum Gasteiger partial charge on any atom is -0.822 e. The Morgan fingerprint density at radius 2 is 1.23 bits per heavy atom. The van der Waals surface area contributed by atoms with Crippen LogP contribution in [0.4, 0.5) is 0 Å². The van der Waals surface area contributed by atoms with Crippen molar-refractivity contribution in [1.29, 1.82) is 0 Å². The van der Waals surface area contributed by atoms with Crippen molar-refractivity contribution in [3.05, 3.63) is 0 Å². The summed E-state index contributed by atoms with van der Waals surface area (Å²) in [5.41, 5.74) is 0. The van der Waals surface area contributed by atoms with Gasteiger partial charge in [0.15, 0.2) is 0 Å². The van der Waals surface area contributed by atoms with Gasteiger partial charge in [0.2, 0.25) is 0 Å². The summed E-state index contributed by atoms with van der Waals surface area (Å²) < 4.78 is 8.55. The van der Waals surface area contributed by atoms with Crippen LogP contribution in [0.25, 0.3) is 0 Å². The summed E-state index contributed by atoms with van der Waals surface area (Å²) in [5.74, 6) is 0. The van der Waals surface area contributed by atoms with E-state index in [1.807, 2.05) is 0 Å². The summed E-state index contributed by atoms with van der Waals surface area (Å²) in [6.45, 7) is -0.729. The van der Waals surface area contributed by atoms with Crippen molar-refractivity contribution in [3.8, 4) is 0 Å². The first-order valence-corrected chi connectivity index (χ1v) is 3.90. The minimum atomic E-state index is -5.39. The molecule has 0 heterocycles. The number of hydrogen-bond donors (Lipinski definition) is 3. The number of aliphatic hydroxyl groups excluding tert-OH is 3. The van der Waals surface area contributed by atoms with E-state index in [-0.39, 0.29) is 88.7 Å². The Morgan fingerprint density at radius 3 is 1.23 bits per heavy atom. The number of aliphatic hydroxyl groups is 3. The predicted molar refractivity (Wildman–Crippen MR) is 39.3 cm³/mol. The van der Waals surface area contributed by atoms with Gasteiger partial charge in [-0.15, -0.1) is 0 Å². The molecule has 0 aliphatic rings. The molecule has 0 fully saturated rings. The van der Waals surface area contributed by atoms with Crippen molar-refractivity contribution in [2.45, 2.75) is 6.10 Å². The van der Waals surface area contributed by atoms with E-state index in [0.717, 1.165) is 0 Å². The van der Waals surface area contributed by atoms with Gasteiger partial charge in [0.25, 0.3) is 0 Å². The number of phosphoric acid groups is 1. The fraction of sp³-hybridized carbons (Fsp3) is 1.00. The van der Waals surface area contributed by atoms with Gasteiger partial charge in [-0.3, -0.25) is 0 Å². The van der Waals surface area contributed by atoms with Gasteiger partial charge in [-0.1, -0.05) is 0 Å².